The average molecular weight is 294 g/mol. The summed E-state index contributed by atoms with van der Waals surface area (Å²) in [6.45, 7) is 6.61. The monoisotopic (exact) mass is 294 g/mol. The van der Waals surface area contributed by atoms with Crippen LogP contribution in [0, 0.1) is 0 Å². The van der Waals surface area contributed by atoms with Crippen LogP contribution < -0.4 is 10.1 Å². The third-order valence-corrected chi connectivity index (χ3v) is 3.06. The number of hydrogen-bond donors (Lipinski definition) is 1. The van der Waals surface area contributed by atoms with Gasteiger partial charge in [-0.15, -0.1) is 0 Å². The van der Waals surface area contributed by atoms with E-state index in [1.165, 1.54) is 11.8 Å². The van der Waals surface area contributed by atoms with Crippen LogP contribution in [0.25, 0.3) is 0 Å². The first-order chi connectivity index (χ1) is 9.67. The predicted octanol–water partition coefficient (Wildman–Crippen LogP) is 2.98. The molecule has 7 heteroatoms. The van der Waals surface area contributed by atoms with Gasteiger partial charge in [0.05, 0.1) is 18.1 Å². The van der Waals surface area contributed by atoms with E-state index in [9.17, 15) is 0 Å². The van der Waals surface area contributed by atoms with E-state index in [0.29, 0.717) is 22.9 Å². The Labute approximate surface area is 122 Å². The van der Waals surface area contributed by atoms with E-state index in [-0.39, 0.29) is 6.10 Å². The largest absolute Gasteiger partial charge is 0.468 e. The lowest BCUT2D eigenvalue weighted by Gasteiger charge is -2.10. The SMILES string of the molecule is CCNc1nc(OC(C)C)nc(SCc2ccco2)n1. The smallest absolute Gasteiger partial charge is 0.322 e. The molecule has 2 aromatic rings. The molecule has 6 nitrogen and oxygen atoms in total. The van der Waals surface area contributed by atoms with Crippen LogP contribution in [0.3, 0.4) is 0 Å². The van der Waals surface area contributed by atoms with Crippen LogP contribution in [-0.4, -0.2) is 27.6 Å². The molecule has 0 aromatic carbocycles. The van der Waals surface area contributed by atoms with E-state index in [0.717, 1.165) is 12.3 Å². The third-order valence-electron chi connectivity index (χ3n) is 2.19. The van der Waals surface area contributed by atoms with Gasteiger partial charge in [0.1, 0.15) is 5.76 Å². The van der Waals surface area contributed by atoms with Crippen molar-refractivity contribution >= 4 is 17.7 Å². The maximum atomic E-state index is 5.54. The molecule has 0 radical (unpaired) electrons. The number of ether oxygens (including phenoxy) is 1. The molecular weight excluding hydrogens is 276 g/mol. The molecule has 0 aliphatic rings. The van der Waals surface area contributed by atoms with Crippen LogP contribution >= 0.6 is 11.8 Å². The first kappa shape index (κ1) is 14.6. The highest BCUT2D eigenvalue weighted by atomic mass is 32.2. The molecule has 0 amide bonds. The van der Waals surface area contributed by atoms with Gasteiger partial charge in [0.15, 0.2) is 5.16 Å². The highest BCUT2D eigenvalue weighted by Crippen LogP contribution is 2.22. The molecule has 20 heavy (non-hydrogen) atoms. The number of aromatic nitrogens is 3. The molecule has 2 rings (SSSR count). The molecule has 0 saturated heterocycles. The van der Waals surface area contributed by atoms with Crippen molar-refractivity contribution < 1.29 is 9.15 Å². The van der Waals surface area contributed by atoms with Gasteiger partial charge in [-0.1, -0.05) is 11.8 Å². The lowest BCUT2D eigenvalue weighted by Crippen LogP contribution is -2.12. The number of nitrogens with zero attached hydrogens (tertiary/aromatic N) is 3. The zero-order valence-corrected chi connectivity index (χ0v) is 12.6. The number of rotatable bonds is 7. The van der Waals surface area contributed by atoms with E-state index in [1.807, 2.05) is 32.9 Å². The highest BCUT2D eigenvalue weighted by Gasteiger charge is 2.10. The van der Waals surface area contributed by atoms with E-state index in [4.69, 9.17) is 9.15 Å². The zero-order valence-electron chi connectivity index (χ0n) is 11.8. The van der Waals surface area contributed by atoms with E-state index >= 15 is 0 Å². The Kier molecular flexibility index (Phi) is 5.23. The van der Waals surface area contributed by atoms with Crippen molar-refractivity contribution in [3.05, 3.63) is 24.2 Å². The fourth-order valence-corrected chi connectivity index (χ4v) is 2.16. The summed E-state index contributed by atoms with van der Waals surface area (Å²) in [4.78, 5) is 12.8. The highest BCUT2D eigenvalue weighted by molar-refractivity contribution is 7.98. The van der Waals surface area contributed by atoms with Crippen LogP contribution in [0.1, 0.15) is 26.5 Å². The summed E-state index contributed by atoms with van der Waals surface area (Å²) >= 11 is 1.48. The maximum Gasteiger partial charge on any atom is 0.322 e. The van der Waals surface area contributed by atoms with Gasteiger partial charge < -0.3 is 14.5 Å². The van der Waals surface area contributed by atoms with Gasteiger partial charge in [-0.25, -0.2) is 0 Å². The molecule has 0 bridgehead atoms. The number of hydrogen-bond acceptors (Lipinski definition) is 7. The summed E-state index contributed by atoms with van der Waals surface area (Å²) in [5, 5.41) is 3.69. The Bertz CT molecular complexity index is 531. The van der Waals surface area contributed by atoms with Crippen molar-refractivity contribution in [2.24, 2.45) is 0 Å². The third kappa shape index (κ3) is 4.41. The van der Waals surface area contributed by atoms with Crippen molar-refractivity contribution in [1.29, 1.82) is 0 Å². The lowest BCUT2D eigenvalue weighted by molar-refractivity contribution is 0.219. The van der Waals surface area contributed by atoms with Crippen LogP contribution in [-0.2, 0) is 5.75 Å². The standard InChI is InChI=1S/C13H18N4O2S/c1-4-14-11-15-12(19-9(2)3)17-13(16-11)20-8-10-6-5-7-18-10/h5-7,9H,4,8H2,1-3H3,(H,14,15,16,17). The fraction of sp³-hybridized carbons (Fsp3) is 0.462. The second kappa shape index (κ2) is 7.14. The molecule has 108 valence electrons. The number of thioether (sulfide) groups is 1. The van der Waals surface area contributed by atoms with Crippen molar-refractivity contribution in [2.45, 2.75) is 37.8 Å². The van der Waals surface area contributed by atoms with Crippen LogP contribution in [0.15, 0.2) is 28.0 Å². The van der Waals surface area contributed by atoms with Crippen LogP contribution in [0.2, 0.25) is 0 Å². The van der Waals surface area contributed by atoms with Gasteiger partial charge in [0.2, 0.25) is 5.95 Å². The molecule has 1 N–H and O–H groups in total. The predicted molar refractivity (Wildman–Crippen MR) is 78.0 cm³/mol. The maximum absolute atomic E-state index is 5.54. The first-order valence-corrected chi connectivity index (χ1v) is 7.47. The molecule has 2 heterocycles. The topological polar surface area (TPSA) is 73.1 Å². The Morgan fingerprint density at radius 2 is 2.20 bits per heavy atom. The minimum absolute atomic E-state index is 0.0230. The summed E-state index contributed by atoms with van der Waals surface area (Å²) in [6, 6.07) is 4.12. The van der Waals surface area contributed by atoms with Gasteiger partial charge >= 0.3 is 6.01 Å². The van der Waals surface area contributed by atoms with Gasteiger partial charge in [-0.05, 0) is 32.9 Å². The lowest BCUT2D eigenvalue weighted by atomic mass is 10.5. The van der Waals surface area contributed by atoms with E-state index < -0.39 is 0 Å². The summed E-state index contributed by atoms with van der Waals surface area (Å²) in [7, 11) is 0. The van der Waals surface area contributed by atoms with Gasteiger partial charge in [0.25, 0.3) is 0 Å². The van der Waals surface area contributed by atoms with Crippen molar-refractivity contribution in [3.8, 4) is 6.01 Å². The van der Waals surface area contributed by atoms with E-state index in [1.54, 1.807) is 6.26 Å². The minimum Gasteiger partial charge on any atom is -0.468 e. The van der Waals surface area contributed by atoms with Crippen molar-refractivity contribution in [2.75, 3.05) is 11.9 Å². The average Bonchev–Trinajstić information content (AvgIpc) is 2.89. The van der Waals surface area contributed by atoms with Gasteiger partial charge in [-0.3, -0.25) is 0 Å². The normalized spacial score (nSPS) is 10.8. The number of nitrogens with one attached hydrogen (secondary N) is 1. The zero-order chi connectivity index (χ0) is 14.4. The Morgan fingerprint density at radius 1 is 1.35 bits per heavy atom. The first-order valence-electron chi connectivity index (χ1n) is 6.49. The second-order valence-corrected chi connectivity index (χ2v) is 5.23. The summed E-state index contributed by atoms with van der Waals surface area (Å²) in [5.74, 6) is 2.08. The Hall–Kier alpha value is -1.76. The second-order valence-electron chi connectivity index (χ2n) is 4.29. The summed E-state index contributed by atoms with van der Waals surface area (Å²) in [5.41, 5.74) is 0. The van der Waals surface area contributed by atoms with Crippen LogP contribution in [0.5, 0.6) is 6.01 Å². The molecule has 2 aromatic heterocycles. The Balaban J connectivity index is 2.10. The van der Waals surface area contributed by atoms with Crippen molar-refractivity contribution in [1.82, 2.24) is 15.0 Å². The molecule has 0 fully saturated rings. The quantitative estimate of drug-likeness (QED) is 0.787. The molecule has 0 saturated carbocycles. The molecule has 0 atom stereocenters. The minimum atomic E-state index is 0.0230. The van der Waals surface area contributed by atoms with Gasteiger partial charge in [0, 0.05) is 6.54 Å². The number of anilines is 1. The van der Waals surface area contributed by atoms with Crippen LogP contribution in [0.4, 0.5) is 5.95 Å². The summed E-state index contributed by atoms with van der Waals surface area (Å²) < 4.78 is 10.8. The molecular formula is C13H18N4O2S. The molecule has 0 unspecified atom stereocenters. The van der Waals surface area contributed by atoms with Gasteiger partial charge in [-0.2, -0.15) is 15.0 Å². The Morgan fingerprint density at radius 3 is 2.85 bits per heavy atom. The van der Waals surface area contributed by atoms with E-state index in [2.05, 4.69) is 20.3 Å². The molecule has 0 aliphatic carbocycles. The molecule has 0 spiro atoms. The number of furan rings is 1. The molecule has 0 aliphatic heterocycles. The fourth-order valence-electron chi connectivity index (χ4n) is 1.43. The van der Waals surface area contributed by atoms with Crippen molar-refractivity contribution in [3.63, 3.8) is 0 Å². The summed E-state index contributed by atoms with van der Waals surface area (Å²) in [6.07, 6.45) is 1.68.